The normalized spacial score (nSPS) is 16.6. The summed E-state index contributed by atoms with van der Waals surface area (Å²) in [6.45, 7) is 4.27. The third-order valence-electron chi connectivity index (χ3n) is 1.21. The zero-order valence-electron chi connectivity index (χ0n) is 6.64. The van der Waals surface area contributed by atoms with E-state index < -0.39 is 0 Å². The highest BCUT2D eigenvalue weighted by atomic mass is 32.1. The van der Waals surface area contributed by atoms with Gasteiger partial charge in [0.25, 0.3) is 0 Å². The van der Waals surface area contributed by atoms with E-state index in [1.54, 1.807) is 0 Å². The summed E-state index contributed by atoms with van der Waals surface area (Å²) in [4.78, 5) is 0. The molecule has 0 fully saturated rings. The van der Waals surface area contributed by atoms with Crippen LogP contribution in [0.2, 0.25) is 0 Å². The van der Waals surface area contributed by atoms with Crippen LogP contribution in [0, 0.1) is 5.92 Å². The zero-order chi connectivity index (χ0) is 8.27. The lowest BCUT2D eigenvalue weighted by molar-refractivity contribution is 0.643. The third-order valence-corrected chi connectivity index (χ3v) is 1.41. The highest BCUT2D eigenvalue weighted by Gasteiger charge is 2.07. The maximum absolute atomic E-state index is 4.78. The Labute approximate surface area is 71.4 Å². The molecule has 0 saturated carbocycles. The molecule has 0 aromatic heterocycles. The van der Waals surface area contributed by atoms with Gasteiger partial charge in [0.1, 0.15) is 5.84 Å². The van der Waals surface area contributed by atoms with Gasteiger partial charge in [-0.05, 0) is 18.1 Å². The molecule has 0 amide bonds. The summed E-state index contributed by atoms with van der Waals surface area (Å²) in [6, 6.07) is 0. The Morgan fingerprint density at radius 2 is 2.18 bits per heavy atom. The van der Waals surface area contributed by atoms with Crippen molar-refractivity contribution in [3.8, 4) is 0 Å². The van der Waals surface area contributed by atoms with Crippen molar-refractivity contribution in [3.05, 3.63) is 0 Å². The first-order chi connectivity index (χ1) is 5.18. The average molecular weight is 172 g/mol. The van der Waals surface area contributed by atoms with Gasteiger partial charge in [0.2, 0.25) is 5.11 Å². The molecular weight excluding hydrogens is 160 g/mol. The lowest BCUT2D eigenvalue weighted by atomic mass is 10.1. The number of hydrogen-bond donors (Lipinski definition) is 3. The molecule has 1 rings (SSSR count). The van der Waals surface area contributed by atoms with Gasteiger partial charge in [0.15, 0.2) is 0 Å². The number of amidine groups is 1. The Kier molecular flexibility index (Phi) is 2.64. The van der Waals surface area contributed by atoms with Crippen LogP contribution >= 0.6 is 12.2 Å². The van der Waals surface area contributed by atoms with Crippen LogP contribution in [0.1, 0.15) is 20.3 Å². The van der Waals surface area contributed by atoms with Crippen LogP contribution in [0.25, 0.3) is 0 Å². The first kappa shape index (κ1) is 8.26. The van der Waals surface area contributed by atoms with Crippen molar-refractivity contribution in [1.29, 1.82) is 0 Å². The van der Waals surface area contributed by atoms with Crippen molar-refractivity contribution in [1.82, 2.24) is 16.3 Å². The lowest BCUT2D eigenvalue weighted by Crippen LogP contribution is -2.51. The second-order valence-electron chi connectivity index (χ2n) is 2.85. The second kappa shape index (κ2) is 3.52. The van der Waals surface area contributed by atoms with E-state index in [2.05, 4.69) is 35.2 Å². The Hall–Kier alpha value is -0.840. The zero-order valence-corrected chi connectivity index (χ0v) is 7.46. The quantitative estimate of drug-likeness (QED) is 0.525. The Morgan fingerprint density at radius 3 is 2.64 bits per heavy atom. The van der Waals surface area contributed by atoms with Gasteiger partial charge in [0, 0.05) is 6.42 Å². The molecular formula is C6H12N4S. The van der Waals surface area contributed by atoms with E-state index in [4.69, 9.17) is 12.2 Å². The van der Waals surface area contributed by atoms with Crippen LogP contribution in [0.4, 0.5) is 0 Å². The average Bonchev–Trinajstić information content (AvgIpc) is 1.93. The fraction of sp³-hybridized carbons (Fsp3) is 0.667. The van der Waals surface area contributed by atoms with E-state index >= 15 is 0 Å². The van der Waals surface area contributed by atoms with Crippen LogP contribution in [0.3, 0.4) is 0 Å². The van der Waals surface area contributed by atoms with Crippen molar-refractivity contribution < 1.29 is 0 Å². The van der Waals surface area contributed by atoms with Crippen LogP contribution < -0.4 is 16.3 Å². The van der Waals surface area contributed by atoms with Gasteiger partial charge < -0.3 is 0 Å². The minimum Gasteiger partial charge on any atom is -0.284 e. The first-order valence-electron chi connectivity index (χ1n) is 3.57. The number of hydrogen-bond acceptors (Lipinski definition) is 3. The number of hydrazone groups is 1. The summed E-state index contributed by atoms with van der Waals surface area (Å²) in [7, 11) is 0. The highest BCUT2D eigenvalue weighted by Crippen LogP contribution is 1.99. The summed E-state index contributed by atoms with van der Waals surface area (Å²) in [5.74, 6) is 1.49. The molecule has 4 nitrogen and oxygen atoms in total. The van der Waals surface area contributed by atoms with Crippen molar-refractivity contribution in [2.75, 3.05) is 0 Å². The van der Waals surface area contributed by atoms with Gasteiger partial charge >= 0.3 is 0 Å². The van der Waals surface area contributed by atoms with Crippen molar-refractivity contribution >= 4 is 23.2 Å². The maximum Gasteiger partial charge on any atom is 0.205 e. The molecule has 0 unspecified atom stereocenters. The molecule has 0 aromatic carbocycles. The third kappa shape index (κ3) is 2.71. The topological polar surface area (TPSA) is 48.5 Å². The number of nitrogens with zero attached hydrogens (tertiary/aromatic N) is 1. The van der Waals surface area contributed by atoms with Crippen molar-refractivity contribution in [2.45, 2.75) is 20.3 Å². The molecule has 0 aliphatic carbocycles. The Balaban J connectivity index is 2.41. The first-order valence-corrected chi connectivity index (χ1v) is 3.98. The fourth-order valence-electron chi connectivity index (χ4n) is 0.786. The predicted octanol–water partition coefficient (Wildman–Crippen LogP) is 0.328. The number of rotatable bonds is 2. The van der Waals surface area contributed by atoms with Gasteiger partial charge in [-0.25, -0.2) is 0 Å². The lowest BCUT2D eigenvalue weighted by Gasteiger charge is -2.18. The molecule has 5 heteroatoms. The minimum absolute atomic E-state index is 0.512. The van der Waals surface area contributed by atoms with Crippen LogP contribution in [-0.2, 0) is 0 Å². The number of nitrogens with one attached hydrogen (secondary N) is 3. The van der Waals surface area contributed by atoms with E-state index in [9.17, 15) is 0 Å². The molecule has 0 radical (unpaired) electrons. The predicted molar refractivity (Wildman–Crippen MR) is 48.9 cm³/mol. The molecule has 1 aliphatic rings. The van der Waals surface area contributed by atoms with Crippen molar-refractivity contribution in [2.24, 2.45) is 11.0 Å². The van der Waals surface area contributed by atoms with E-state index in [1.807, 2.05) is 0 Å². The highest BCUT2D eigenvalue weighted by molar-refractivity contribution is 7.80. The largest absolute Gasteiger partial charge is 0.284 e. The molecule has 0 spiro atoms. The standard InChI is InChI=1S/C6H12N4S/c1-4(2)3-5-7-9-6(11)10-8-5/h4H,3H2,1-2H3,(H,7,8)(H2,9,10,11). The molecule has 1 aliphatic heterocycles. The molecule has 11 heavy (non-hydrogen) atoms. The minimum atomic E-state index is 0.512. The van der Waals surface area contributed by atoms with Crippen molar-refractivity contribution in [3.63, 3.8) is 0 Å². The summed E-state index contributed by atoms with van der Waals surface area (Å²) < 4.78 is 0. The van der Waals surface area contributed by atoms with Crippen LogP contribution in [0.5, 0.6) is 0 Å². The molecule has 3 N–H and O–H groups in total. The molecule has 0 bridgehead atoms. The summed E-state index contributed by atoms with van der Waals surface area (Å²) >= 11 is 4.78. The van der Waals surface area contributed by atoms with Gasteiger partial charge in [-0.1, -0.05) is 13.8 Å². The summed E-state index contributed by atoms with van der Waals surface area (Å²) in [5.41, 5.74) is 8.36. The van der Waals surface area contributed by atoms with Gasteiger partial charge in [-0.3, -0.25) is 16.3 Å². The van der Waals surface area contributed by atoms with Gasteiger partial charge in [-0.2, -0.15) is 5.10 Å². The molecule has 62 valence electrons. The van der Waals surface area contributed by atoms with E-state index in [1.165, 1.54) is 0 Å². The second-order valence-corrected chi connectivity index (χ2v) is 3.26. The monoisotopic (exact) mass is 172 g/mol. The van der Waals surface area contributed by atoms with Crippen LogP contribution in [0.15, 0.2) is 5.10 Å². The maximum atomic E-state index is 4.78. The van der Waals surface area contributed by atoms with E-state index in [-0.39, 0.29) is 0 Å². The van der Waals surface area contributed by atoms with E-state index in [0.29, 0.717) is 11.0 Å². The Morgan fingerprint density at radius 1 is 1.45 bits per heavy atom. The molecule has 1 heterocycles. The fourth-order valence-corrected chi connectivity index (χ4v) is 0.883. The summed E-state index contributed by atoms with van der Waals surface area (Å²) in [6.07, 6.45) is 0.919. The summed E-state index contributed by atoms with van der Waals surface area (Å²) in [5, 5.41) is 4.51. The van der Waals surface area contributed by atoms with Crippen LogP contribution in [-0.4, -0.2) is 10.9 Å². The molecule has 0 aromatic rings. The smallest absolute Gasteiger partial charge is 0.205 e. The van der Waals surface area contributed by atoms with E-state index in [0.717, 1.165) is 12.3 Å². The number of thiocarbonyl (C=S) groups is 1. The SMILES string of the molecule is CC(C)CC1=NNC(=S)NN1. The van der Waals surface area contributed by atoms with Gasteiger partial charge in [0.05, 0.1) is 0 Å². The molecule has 0 saturated heterocycles. The number of hydrazine groups is 1. The Bertz CT molecular complexity index is 187. The molecule has 0 atom stereocenters. The van der Waals surface area contributed by atoms with Gasteiger partial charge in [-0.15, -0.1) is 0 Å².